The van der Waals surface area contributed by atoms with Crippen LogP contribution in [0.15, 0.2) is 182 Å². The summed E-state index contributed by atoms with van der Waals surface area (Å²) >= 11 is 0. The molecule has 0 aromatic heterocycles. The normalized spacial score (nSPS) is 22.9. The Hall–Kier alpha value is -5.86. The molecule has 0 radical (unpaired) electrons. The number of fused-ring (bicyclic) bond motifs is 6. The number of allylic oxidation sites excluding steroid dienone is 3. The quantitative estimate of drug-likeness (QED) is 0.171. The SMILES string of the molecule is CC1CC2C(C=C1c1ccc(N(c3cccc(-c4ccccc4)c3)c3ccc4c(c3)C(C)(C)c3ccccc3-4)cc1)C1C=CC=CC1N2c1ccccc1. The predicted octanol–water partition coefficient (Wildman–Crippen LogP) is 13.2. The van der Waals surface area contributed by atoms with Gasteiger partial charge in [-0.1, -0.05) is 154 Å². The number of para-hydroxylation sites is 1. The van der Waals surface area contributed by atoms with Gasteiger partial charge in [-0.15, -0.1) is 0 Å². The molecule has 0 N–H and O–H groups in total. The summed E-state index contributed by atoms with van der Waals surface area (Å²) in [5.41, 5.74) is 15.5. The minimum absolute atomic E-state index is 0.0799. The minimum Gasteiger partial charge on any atom is -0.361 e. The lowest BCUT2D eigenvalue weighted by Gasteiger charge is -2.37. The van der Waals surface area contributed by atoms with Gasteiger partial charge in [0, 0.05) is 46.0 Å². The van der Waals surface area contributed by atoms with Crippen LogP contribution in [0.2, 0.25) is 0 Å². The molecule has 0 amide bonds. The molecule has 1 heterocycles. The van der Waals surface area contributed by atoms with E-state index in [2.05, 4.69) is 213 Å². The van der Waals surface area contributed by atoms with Gasteiger partial charge in [0.25, 0.3) is 0 Å². The summed E-state index contributed by atoms with van der Waals surface area (Å²) in [6, 6.07) is 57.1. The summed E-state index contributed by atoms with van der Waals surface area (Å²) in [6.45, 7) is 7.16. The van der Waals surface area contributed by atoms with Crippen molar-refractivity contribution in [3.05, 3.63) is 199 Å². The van der Waals surface area contributed by atoms with Crippen LogP contribution in [-0.4, -0.2) is 12.1 Å². The fraction of sp³-hybridized carbons (Fsp3) is 0.192. The molecule has 2 heteroatoms. The molecule has 3 aliphatic carbocycles. The van der Waals surface area contributed by atoms with E-state index < -0.39 is 0 Å². The Bertz CT molecular complexity index is 2430. The van der Waals surface area contributed by atoms with Gasteiger partial charge in [-0.25, -0.2) is 0 Å². The Morgan fingerprint density at radius 3 is 2.04 bits per heavy atom. The average molecular weight is 699 g/mol. The standard InChI is InChI=1S/C52H46N2/c1-35-31-51-47(45-22-11-13-24-50(45)54(51)39-18-8-5-9-19-39)34-46(35)37-25-27-40(28-26-37)53(41-20-14-17-38(32-41)36-15-6-4-7-16-36)42-29-30-44-43-21-10-12-23-48(43)52(2,3)49(44)33-42/h4-30,32-35,45,47,50-51H,31H2,1-3H3. The Balaban J connectivity index is 1.04. The van der Waals surface area contributed by atoms with Crippen molar-refractivity contribution >= 4 is 28.3 Å². The highest BCUT2D eigenvalue weighted by Crippen LogP contribution is 2.52. The van der Waals surface area contributed by atoms with Crippen molar-refractivity contribution in [2.45, 2.75) is 44.7 Å². The second-order valence-electron chi connectivity index (χ2n) is 16.2. The zero-order valence-electron chi connectivity index (χ0n) is 31.3. The maximum Gasteiger partial charge on any atom is 0.0548 e. The summed E-state index contributed by atoms with van der Waals surface area (Å²) in [4.78, 5) is 5.16. The highest BCUT2D eigenvalue weighted by atomic mass is 15.2. The van der Waals surface area contributed by atoms with Crippen LogP contribution in [0, 0.1) is 17.8 Å². The lowest BCUT2D eigenvalue weighted by molar-refractivity contribution is 0.422. The van der Waals surface area contributed by atoms with Crippen molar-refractivity contribution in [3.63, 3.8) is 0 Å². The fourth-order valence-electron chi connectivity index (χ4n) is 10.1. The van der Waals surface area contributed by atoms with Crippen LogP contribution >= 0.6 is 0 Å². The third kappa shape index (κ3) is 5.30. The number of anilines is 4. The van der Waals surface area contributed by atoms with Crippen LogP contribution in [0.25, 0.3) is 27.8 Å². The lowest BCUT2D eigenvalue weighted by atomic mass is 9.73. The molecule has 4 aliphatic rings. The van der Waals surface area contributed by atoms with E-state index in [0.717, 1.165) is 17.8 Å². The molecule has 264 valence electrons. The molecule has 1 saturated heterocycles. The second-order valence-corrected chi connectivity index (χ2v) is 16.2. The highest BCUT2D eigenvalue weighted by molar-refractivity contribution is 5.87. The predicted molar refractivity (Wildman–Crippen MR) is 228 cm³/mol. The van der Waals surface area contributed by atoms with E-state index in [4.69, 9.17) is 0 Å². The van der Waals surface area contributed by atoms with E-state index in [1.807, 2.05) is 0 Å². The highest BCUT2D eigenvalue weighted by Gasteiger charge is 2.48. The van der Waals surface area contributed by atoms with E-state index in [1.165, 1.54) is 55.9 Å². The molecule has 5 unspecified atom stereocenters. The molecule has 0 bridgehead atoms. The van der Waals surface area contributed by atoms with Crippen molar-refractivity contribution < 1.29 is 0 Å². The Kier molecular flexibility index (Phi) is 7.84. The molecule has 5 atom stereocenters. The minimum atomic E-state index is -0.0799. The van der Waals surface area contributed by atoms with E-state index in [9.17, 15) is 0 Å². The van der Waals surface area contributed by atoms with E-state index in [1.54, 1.807) is 0 Å². The monoisotopic (exact) mass is 698 g/mol. The summed E-state index contributed by atoms with van der Waals surface area (Å²) < 4.78 is 0. The van der Waals surface area contributed by atoms with Crippen LogP contribution in [-0.2, 0) is 5.41 Å². The number of rotatable bonds is 6. The molecule has 0 spiro atoms. The van der Waals surface area contributed by atoms with Crippen molar-refractivity contribution in [2.24, 2.45) is 17.8 Å². The zero-order valence-corrected chi connectivity index (χ0v) is 31.3. The molecular formula is C52H46N2. The van der Waals surface area contributed by atoms with Crippen molar-refractivity contribution in [2.75, 3.05) is 9.80 Å². The summed E-state index contributed by atoms with van der Waals surface area (Å²) in [6.07, 6.45) is 13.2. The van der Waals surface area contributed by atoms with E-state index in [0.29, 0.717) is 29.8 Å². The van der Waals surface area contributed by atoms with Gasteiger partial charge in [0.2, 0.25) is 0 Å². The Morgan fingerprint density at radius 1 is 0.556 bits per heavy atom. The van der Waals surface area contributed by atoms with Gasteiger partial charge < -0.3 is 9.80 Å². The van der Waals surface area contributed by atoms with Crippen LogP contribution in [0.3, 0.4) is 0 Å². The van der Waals surface area contributed by atoms with Crippen molar-refractivity contribution in [1.82, 2.24) is 0 Å². The Morgan fingerprint density at radius 2 is 1.22 bits per heavy atom. The first-order chi connectivity index (χ1) is 26.5. The summed E-state index contributed by atoms with van der Waals surface area (Å²) in [5, 5.41) is 0. The number of hydrogen-bond donors (Lipinski definition) is 0. The number of benzene rings is 6. The van der Waals surface area contributed by atoms with Crippen LogP contribution < -0.4 is 9.80 Å². The third-order valence-corrected chi connectivity index (χ3v) is 12.8. The molecule has 54 heavy (non-hydrogen) atoms. The van der Waals surface area contributed by atoms with Gasteiger partial charge in [0.15, 0.2) is 0 Å². The smallest absolute Gasteiger partial charge is 0.0548 e. The van der Waals surface area contributed by atoms with Gasteiger partial charge in [0.1, 0.15) is 0 Å². The molecule has 1 aliphatic heterocycles. The molecule has 0 saturated carbocycles. The first kappa shape index (κ1) is 32.8. The van der Waals surface area contributed by atoms with Crippen LogP contribution in [0.4, 0.5) is 22.7 Å². The van der Waals surface area contributed by atoms with Gasteiger partial charge in [-0.05, 0) is 105 Å². The molecule has 6 aromatic carbocycles. The lowest BCUT2D eigenvalue weighted by Crippen LogP contribution is -2.39. The second kappa shape index (κ2) is 12.9. The molecular weight excluding hydrogens is 653 g/mol. The number of nitrogens with zero attached hydrogens (tertiary/aromatic N) is 2. The largest absolute Gasteiger partial charge is 0.361 e. The van der Waals surface area contributed by atoms with Gasteiger partial charge >= 0.3 is 0 Å². The molecule has 2 nitrogen and oxygen atoms in total. The Labute approximate surface area is 320 Å². The van der Waals surface area contributed by atoms with Crippen LogP contribution in [0.1, 0.15) is 43.9 Å². The topological polar surface area (TPSA) is 6.48 Å². The maximum atomic E-state index is 2.71. The maximum absolute atomic E-state index is 2.71. The fourth-order valence-corrected chi connectivity index (χ4v) is 10.1. The first-order valence-electron chi connectivity index (χ1n) is 19.7. The first-order valence-corrected chi connectivity index (χ1v) is 19.7. The van der Waals surface area contributed by atoms with Crippen LogP contribution in [0.5, 0.6) is 0 Å². The molecule has 1 fully saturated rings. The molecule has 10 rings (SSSR count). The average Bonchev–Trinajstić information content (AvgIpc) is 3.66. The number of hydrogen-bond acceptors (Lipinski definition) is 2. The van der Waals surface area contributed by atoms with Crippen molar-refractivity contribution in [1.29, 1.82) is 0 Å². The third-order valence-electron chi connectivity index (χ3n) is 12.8. The van der Waals surface area contributed by atoms with E-state index in [-0.39, 0.29) is 5.41 Å². The molecule has 6 aromatic rings. The van der Waals surface area contributed by atoms with E-state index >= 15 is 0 Å². The zero-order chi connectivity index (χ0) is 36.4. The van der Waals surface area contributed by atoms with Gasteiger partial charge in [-0.2, -0.15) is 0 Å². The van der Waals surface area contributed by atoms with Crippen molar-refractivity contribution in [3.8, 4) is 22.3 Å². The summed E-state index contributed by atoms with van der Waals surface area (Å²) in [7, 11) is 0. The summed E-state index contributed by atoms with van der Waals surface area (Å²) in [5.74, 6) is 1.40. The van der Waals surface area contributed by atoms with Gasteiger partial charge in [0.05, 0.1) is 6.04 Å². The van der Waals surface area contributed by atoms with Gasteiger partial charge in [-0.3, -0.25) is 0 Å².